The van der Waals surface area contributed by atoms with E-state index in [0.29, 0.717) is 22.8 Å². The highest BCUT2D eigenvalue weighted by Crippen LogP contribution is 2.67. The third-order valence-electron chi connectivity index (χ3n) is 10.6. The first-order chi connectivity index (χ1) is 13.8. The molecule has 4 fully saturated rings. The molecule has 4 heteroatoms. The first kappa shape index (κ1) is 21.6. The van der Waals surface area contributed by atoms with Crippen LogP contribution >= 0.6 is 0 Å². The lowest BCUT2D eigenvalue weighted by Gasteiger charge is -2.61. The highest BCUT2D eigenvalue weighted by molar-refractivity contribution is 5.78. The molecule has 3 unspecified atom stereocenters. The van der Waals surface area contributed by atoms with Gasteiger partial charge >= 0.3 is 0 Å². The van der Waals surface area contributed by atoms with E-state index in [4.69, 9.17) is 5.73 Å². The van der Waals surface area contributed by atoms with Gasteiger partial charge in [0, 0.05) is 12.6 Å². The predicted octanol–water partition coefficient (Wildman–Crippen LogP) is 4.20. The van der Waals surface area contributed by atoms with Crippen molar-refractivity contribution >= 4 is 5.91 Å². The zero-order valence-electron chi connectivity index (χ0n) is 19.2. The number of hydrogen-bond acceptors (Lipinski definition) is 3. The van der Waals surface area contributed by atoms with Crippen LogP contribution in [0.3, 0.4) is 0 Å². The third kappa shape index (κ3) is 3.28. The van der Waals surface area contributed by atoms with E-state index in [1.54, 1.807) is 0 Å². The highest BCUT2D eigenvalue weighted by Gasteiger charge is 2.60. The van der Waals surface area contributed by atoms with Crippen molar-refractivity contribution in [1.29, 1.82) is 0 Å². The van der Waals surface area contributed by atoms with E-state index in [1.165, 1.54) is 51.4 Å². The Kier molecular flexibility index (Phi) is 5.83. The normalized spacial score (nSPS) is 47.7. The quantitative estimate of drug-likeness (QED) is 0.738. The molecule has 4 saturated carbocycles. The van der Waals surface area contributed by atoms with Crippen molar-refractivity contribution in [1.82, 2.24) is 4.90 Å². The van der Waals surface area contributed by atoms with Gasteiger partial charge in [0.05, 0.1) is 12.6 Å². The summed E-state index contributed by atoms with van der Waals surface area (Å²) in [5, 5.41) is 10.4. The molecule has 3 N–H and O–H groups in total. The minimum absolute atomic E-state index is 0.123. The van der Waals surface area contributed by atoms with Gasteiger partial charge < -0.3 is 15.7 Å². The second-order valence-electron chi connectivity index (χ2n) is 11.4. The smallest absolute Gasteiger partial charge is 0.236 e. The average Bonchev–Trinajstić information content (AvgIpc) is 3.05. The van der Waals surface area contributed by atoms with Crippen molar-refractivity contribution in [3.8, 4) is 0 Å². The fraction of sp³-hybridized carbons (Fsp3) is 0.960. The number of carbonyl (C=O) groups is 1. The van der Waals surface area contributed by atoms with Crippen LogP contribution in [0.1, 0.15) is 85.5 Å². The summed E-state index contributed by atoms with van der Waals surface area (Å²) in [6.45, 7) is 10.1. The largest absolute Gasteiger partial charge is 0.393 e. The van der Waals surface area contributed by atoms with Gasteiger partial charge in [-0.2, -0.15) is 0 Å². The Morgan fingerprint density at radius 2 is 1.76 bits per heavy atom. The molecule has 4 rings (SSSR count). The Morgan fingerprint density at radius 1 is 1.07 bits per heavy atom. The molecule has 4 aliphatic rings. The lowest BCUT2D eigenvalue weighted by Crippen LogP contribution is -2.56. The summed E-state index contributed by atoms with van der Waals surface area (Å²) < 4.78 is 0. The van der Waals surface area contributed by atoms with Gasteiger partial charge in [0.2, 0.25) is 5.91 Å². The first-order valence-corrected chi connectivity index (χ1v) is 12.4. The maximum absolute atomic E-state index is 12.3. The summed E-state index contributed by atoms with van der Waals surface area (Å²) in [4.78, 5) is 14.4. The van der Waals surface area contributed by atoms with Crippen molar-refractivity contribution in [2.45, 2.75) is 97.6 Å². The van der Waals surface area contributed by atoms with Crippen LogP contribution in [0.4, 0.5) is 0 Å². The SMILES string of the molecule is CCN(C(=O)CN)C1CC[C@@]2(C)C(CC[C@H]3[C@@H]4CC[C@H](C(C)O)[C@@]4(C)CC[C@@H]32)C1. The fourth-order valence-corrected chi connectivity index (χ4v) is 9.11. The Hall–Kier alpha value is -0.610. The van der Waals surface area contributed by atoms with Crippen LogP contribution < -0.4 is 5.73 Å². The number of aliphatic hydroxyl groups is 1. The number of nitrogens with two attached hydrogens (primary N) is 1. The number of fused-ring (bicyclic) bond motifs is 5. The molecule has 9 atom stereocenters. The molecule has 4 aliphatic carbocycles. The molecule has 0 aromatic heterocycles. The van der Waals surface area contributed by atoms with Crippen molar-refractivity contribution in [2.24, 2.45) is 46.2 Å². The molecule has 0 radical (unpaired) electrons. The average molecular weight is 405 g/mol. The minimum Gasteiger partial charge on any atom is -0.393 e. The first-order valence-electron chi connectivity index (χ1n) is 12.4. The lowest BCUT2D eigenvalue weighted by molar-refractivity contribution is -0.142. The summed E-state index contributed by atoms with van der Waals surface area (Å²) in [7, 11) is 0. The molecule has 0 aliphatic heterocycles. The molecule has 1 amide bonds. The molecule has 0 saturated heterocycles. The Labute approximate surface area is 178 Å². The number of carbonyl (C=O) groups excluding carboxylic acids is 1. The molecular formula is C25H44N2O2. The van der Waals surface area contributed by atoms with E-state index < -0.39 is 0 Å². The molecule has 4 nitrogen and oxygen atoms in total. The molecule has 29 heavy (non-hydrogen) atoms. The van der Waals surface area contributed by atoms with E-state index in [0.717, 1.165) is 36.6 Å². The summed E-state index contributed by atoms with van der Waals surface area (Å²) in [5.74, 6) is 3.87. The van der Waals surface area contributed by atoms with Crippen LogP contribution in [-0.2, 0) is 4.79 Å². The van der Waals surface area contributed by atoms with Gasteiger partial charge in [-0.15, -0.1) is 0 Å². The monoisotopic (exact) mass is 404 g/mol. The predicted molar refractivity (Wildman–Crippen MR) is 117 cm³/mol. The van der Waals surface area contributed by atoms with E-state index in [9.17, 15) is 9.90 Å². The van der Waals surface area contributed by atoms with Crippen LogP contribution in [0.5, 0.6) is 0 Å². The summed E-state index contributed by atoms with van der Waals surface area (Å²) in [5.41, 5.74) is 6.47. The summed E-state index contributed by atoms with van der Waals surface area (Å²) >= 11 is 0. The number of aliphatic hydroxyl groups excluding tert-OH is 1. The molecule has 0 aromatic carbocycles. The Balaban J connectivity index is 1.51. The highest BCUT2D eigenvalue weighted by atomic mass is 16.3. The van der Waals surface area contributed by atoms with Crippen molar-refractivity contribution in [3.05, 3.63) is 0 Å². The molecule has 166 valence electrons. The Morgan fingerprint density at radius 3 is 2.41 bits per heavy atom. The van der Waals surface area contributed by atoms with Gasteiger partial charge in [-0.1, -0.05) is 13.8 Å². The standard InChI is InChI=1S/C25H44N2O2/c1-5-27(23(29)15-26)18-10-12-24(3)17(14-18)6-7-19-21-9-8-20(16(2)28)25(21,4)13-11-22(19)24/h16-22,28H,5-15,26H2,1-4H3/t16?,17?,18?,19-,20+,21-,22-,24-,25+/m0/s1. The van der Waals surface area contributed by atoms with Gasteiger partial charge in [0.1, 0.15) is 0 Å². The van der Waals surface area contributed by atoms with Gasteiger partial charge in [-0.25, -0.2) is 0 Å². The van der Waals surface area contributed by atoms with Crippen LogP contribution in [0.2, 0.25) is 0 Å². The van der Waals surface area contributed by atoms with E-state index in [-0.39, 0.29) is 18.6 Å². The maximum atomic E-state index is 12.3. The minimum atomic E-state index is -0.163. The van der Waals surface area contributed by atoms with Crippen LogP contribution in [-0.4, -0.2) is 41.1 Å². The van der Waals surface area contributed by atoms with E-state index in [1.807, 2.05) is 6.92 Å². The zero-order chi connectivity index (χ0) is 21.0. The second-order valence-corrected chi connectivity index (χ2v) is 11.4. The molecule has 0 spiro atoms. The number of amides is 1. The molecule has 0 bridgehead atoms. The van der Waals surface area contributed by atoms with Crippen molar-refractivity contribution in [2.75, 3.05) is 13.1 Å². The zero-order valence-corrected chi connectivity index (χ0v) is 19.2. The molecule has 0 aromatic rings. The number of likely N-dealkylation sites (N-methyl/N-ethyl adjacent to an activating group) is 1. The second kappa shape index (κ2) is 7.82. The third-order valence-corrected chi connectivity index (χ3v) is 10.6. The number of hydrogen-bond donors (Lipinski definition) is 2. The van der Waals surface area contributed by atoms with Gasteiger partial charge in [0.25, 0.3) is 0 Å². The van der Waals surface area contributed by atoms with Gasteiger partial charge in [0.15, 0.2) is 0 Å². The van der Waals surface area contributed by atoms with Crippen LogP contribution in [0.25, 0.3) is 0 Å². The molecular weight excluding hydrogens is 360 g/mol. The van der Waals surface area contributed by atoms with Crippen molar-refractivity contribution in [3.63, 3.8) is 0 Å². The van der Waals surface area contributed by atoms with Crippen LogP contribution in [0.15, 0.2) is 0 Å². The van der Waals surface area contributed by atoms with Crippen LogP contribution in [0, 0.1) is 40.4 Å². The van der Waals surface area contributed by atoms with E-state index >= 15 is 0 Å². The van der Waals surface area contributed by atoms with Crippen molar-refractivity contribution < 1.29 is 9.90 Å². The van der Waals surface area contributed by atoms with Gasteiger partial charge in [-0.3, -0.25) is 4.79 Å². The number of nitrogens with zero attached hydrogens (tertiary/aromatic N) is 1. The Bertz CT molecular complexity index is 622. The topological polar surface area (TPSA) is 66.6 Å². The summed E-state index contributed by atoms with van der Waals surface area (Å²) in [6, 6.07) is 0.394. The summed E-state index contributed by atoms with van der Waals surface area (Å²) in [6.07, 6.45) is 11.3. The number of rotatable bonds is 4. The van der Waals surface area contributed by atoms with E-state index in [2.05, 4.69) is 25.7 Å². The maximum Gasteiger partial charge on any atom is 0.236 e. The fourth-order valence-electron chi connectivity index (χ4n) is 9.11. The van der Waals surface area contributed by atoms with Gasteiger partial charge in [-0.05, 0) is 112 Å². The molecule has 0 heterocycles. The lowest BCUT2D eigenvalue weighted by atomic mass is 9.44.